The molecular weight excluding hydrogens is 332 g/mol. The normalized spacial score (nSPS) is 22.2. The number of hydrogen-bond donors (Lipinski definition) is 2. The predicted molar refractivity (Wildman–Crippen MR) is 88.0 cm³/mol. The molecule has 1 atom stereocenters. The van der Waals surface area contributed by atoms with E-state index in [9.17, 15) is 8.42 Å². The maximum Gasteiger partial charge on any atom is 0.250 e. The molecule has 1 saturated heterocycles. The van der Waals surface area contributed by atoms with Gasteiger partial charge in [0.1, 0.15) is 4.21 Å². The average Bonchev–Trinajstić information content (AvgIpc) is 3.07. The number of nitrogens with one attached hydrogen (secondary N) is 2. The molecule has 1 aliphatic heterocycles. The van der Waals surface area contributed by atoms with E-state index in [1.54, 1.807) is 13.2 Å². The zero-order valence-electron chi connectivity index (χ0n) is 12.3. The van der Waals surface area contributed by atoms with E-state index in [1.807, 2.05) is 13.0 Å². The Morgan fingerprint density at radius 3 is 2.76 bits per heavy atom. The van der Waals surface area contributed by atoms with E-state index in [4.69, 9.17) is 4.74 Å². The largest absolute Gasteiger partial charge is 0.383 e. The third kappa shape index (κ3) is 4.64. The summed E-state index contributed by atoms with van der Waals surface area (Å²) < 4.78 is 32.9. The van der Waals surface area contributed by atoms with E-state index in [-0.39, 0.29) is 17.9 Å². The summed E-state index contributed by atoms with van der Waals surface area (Å²) in [6.45, 7) is 3.80. The van der Waals surface area contributed by atoms with Crippen LogP contribution in [0.1, 0.15) is 24.6 Å². The van der Waals surface area contributed by atoms with Crippen LogP contribution in [0.25, 0.3) is 0 Å². The first kappa shape index (κ1) is 18.9. The summed E-state index contributed by atoms with van der Waals surface area (Å²) in [5, 5.41) is 3.36. The SMILES string of the molecule is CCc1ccc(S(=O)(=O)NCC2(COC)CCCN2)s1.Cl. The third-order valence-electron chi connectivity index (χ3n) is 3.60. The summed E-state index contributed by atoms with van der Waals surface area (Å²) in [5.41, 5.74) is -0.271. The Morgan fingerprint density at radius 2 is 2.24 bits per heavy atom. The average molecular weight is 355 g/mol. The highest BCUT2D eigenvalue weighted by Crippen LogP contribution is 2.23. The molecule has 1 aliphatic rings. The zero-order valence-corrected chi connectivity index (χ0v) is 14.8. The van der Waals surface area contributed by atoms with Crippen LogP contribution in [0, 0.1) is 0 Å². The molecule has 2 rings (SSSR count). The smallest absolute Gasteiger partial charge is 0.250 e. The summed E-state index contributed by atoms with van der Waals surface area (Å²) in [5.74, 6) is 0. The summed E-state index contributed by atoms with van der Waals surface area (Å²) >= 11 is 1.33. The lowest BCUT2D eigenvalue weighted by atomic mass is 9.99. The number of aryl methyl sites for hydroxylation is 1. The van der Waals surface area contributed by atoms with Crippen LogP contribution < -0.4 is 10.0 Å². The predicted octanol–water partition coefficient (Wildman–Crippen LogP) is 1.78. The van der Waals surface area contributed by atoms with E-state index in [0.717, 1.165) is 30.7 Å². The molecule has 2 heterocycles. The Kier molecular flexibility index (Phi) is 7.09. The van der Waals surface area contributed by atoms with E-state index < -0.39 is 10.0 Å². The molecule has 1 unspecified atom stereocenters. The molecule has 0 amide bonds. The number of rotatable bonds is 7. The highest BCUT2D eigenvalue weighted by molar-refractivity contribution is 7.91. The molecule has 122 valence electrons. The van der Waals surface area contributed by atoms with Crippen LogP contribution in [0.5, 0.6) is 0 Å². The lowest BCUT2D eigenvalue weighted by Crippen LogP contribution is -2.52. The van der Waals surface area contributed by atoms with Crippen molar-refractivity contribution in [1.29, 1.82) is 0 Å². The topological polar surface area (TPSA) is 67.4 Å². The van der Waals surface area contributed by atoms with Crippen LogP contribution in [-0.2, 0) is 21.2 Å². The molecular formula is C13H23ClN2O3S2. The van der Waals surface area contributed by atoms with Gasteiger partial charge in [-0.05, 0) is 37.9 Å². The first-order valence-corrected chi connectivity index (χ1v) is 9.14. The fourth-order valence-corrected chi connectivity index (χ4v) is 4.93. The van der Waals surface area contributed by atoms with Crippen LogP contribution in [-0.4, -0.2) is 40.8 Å². The summed E-state index contributed by atoms with van der Waals surface area (Å²) in [6, 6.07) is 3.55. The van der Waals surface area contributed by atoms with Crippen molar-refractivity contribution in [3.8, 4) is 0 Å². The van der Waals surface area contributed by atoms with E-state index >= 15 is 0 Å². The van der Waals surface area contributed by atoms with Crippen molar-refractivity contribution in [2.75, 3.05) is 26.8 Å². The second-order valence-corrected chi connectivity index (χ2v) is 8.30. The minimum Gasteiger partial charge on any atom is -0.383 e. The van der Waals surface area contributed by atoms with Gasteiger partial charge >= 0.3 is 0 Å². The van der Waals surface area contributed by atoms with Gasteiger partial charge in [-0.15, -0.1) is 23.7 Å². The minimum atomic E-state index is -3.42. The molecule has 8 heteroatoms. The van der Waals surface area contributed by atoms with Crippen molar-refractivity contribution in [3.05, 3.63) is 17.0 Å². The number of hydrogen-bond acceptors (Lipinski definition) is 5. The maximum absolute atomic E-state index is 12.3. The van der Waals surface area contributed by atoms with Gasteiger partial charge in [-0.1, -0.05) is 6.92 Å². The third-order valence-corrected chi connectivity index (χ3v) is 6.73. The quantitative estimate of drug-likeness (QED) is 0.783. The maximum atomic E-state index is 12.3. The zero-order chi connectivity index (χ0) is 14.6. The molecule has 0 aliphatic carbocycles. The van der Waals surface area contributed by atoms with Crippen LogP contribution >= 0.6 is 23.7 Å². The van der Waals surface area contributed by atoms with Gasteiger partial charge in [0.15, 0.2) is 0 Å². The highest BCUT2D eigenvalue weighted by atomic mass is 35.5. The van der Waals surface area contributed by atoms with Crippen LogP contribution in [0.15, 0.2) is 16.3 Å². The summed E-state index contributed by atoms with van der Waals surface area (Å²) in [4.78, 5) is 1.08. The second kappa shape index (κ2) is 7.89. The van der Waals surface area contributed by atoms with E-state index in [1.165, 1.54) is 11.3 Å². The lowest BCUT2D eigenvalue weighted by molar-refractivity contribution is 0.122. The van der Waals surface area contributed by atoms with Crippen molar-refractivity contribution >= 4 is 33.8 Å². The molecule has 1 aromatic heterocycles. The number of methoxy groups -OCH3 is 1. The fraction of sp³-hybridized carbons (Fsp3) is 0.692. The molecule has 0 spiro atoms. The van der Waals surface area contributed by atoms with Gasteiger partial charge in [-0.3, -0.25) is 0 Å². The van der Waals surface area contributed by atoms with Gasteiger partial charge in [0.25, 0.3) is 0 Å². The molecule has 0 bridgehead atoms. The van der Waals surface area contributed by atoms with Crippen LogP contribution in [0.4, 0.5) is 0 Å². The number of halogens is 1. The fourth-order valence-electron chi connectivity index (χ4n) is 2.47. The lowest BCUT2D eigenvalue weighted by Gasteiger charge is -2.28. The second-order valence-electron chi connectivity index (χ2n) is 5.14. The molecule has 0 saturated carbocycles. The molecule has 1 aromatic rings. The highest BCUT2D eigenvalue weighted by Gasteiger charge is 2.35. The molecule has 5 nitrogen and oxygen atoms in total. The Morgan fingerprint density at radius 1 is 1.48 bits per heavy atom. The summed E-state index contributed by atoms with van der Waals surface area (Å²) in [6.07, 6.45) is 2.83. The molecule has 0 radical (unpaired) electrons. The van der Waals surface area contributed by atoms with Gasteiger partial charge in [-0.2, -0.15) is 0 Å². The van der Waals surface area contributed by atoms with Gasteiger partial charge in [0.05, 0.1) is 12.1 Å². The Hall–Kier alpha value is -0.180. The Bertz CT molecular complexity index is 539. The van der Waals surface area contributed by atoms with Crippen LogP contribution in [0.2, 0.25) is 0 Å². The van der Waals surface area contributed by atoms with Gasteiger partial charge in [-0.25, -0.2) is 13.1 Å². The molecule has 0 aromatic carbocycles. The molecule has 1 fully saturated rings. The number of thiophene rings is 1. The Labute approximate surface area is 136 Å². The molecule has 21 heavy (non-hydrogen) atoms. The van der Waals surface area contributed by atoms with E-state index in [0.29, 0.717) is 17.4 Å². The van der Waals surface area contributed by atoms with Crippen LogP contribution in [0.3, 0.4) is 0 Å². The summed E-state index contributed by atoms with van der Waals surface area (Å²) in [7, 11) is -1.78. The Balaban J connectivity index is 0.00000220. The van der Waals surface area contributed by atoms with Crippen molar-refractivity contribution in [2.45, 2.75) is 35.9 Å². The molecule has 2 N–H and O–H groups in total. The van der Waals surface area contributed by atoms with Crippen molar-refractivity contribution in [3.63, 3.8) is 0 Å². The van der Waals surface area contributed by atoms with Crippen molar-refractivity contribution < 1.29 is 13.2 Å². The van der Waals surface area contributed by atoms with Crippen molar-refractivity contribution in [1.82, 2.24) is 10.0 Å². The number of ether oxygens (including phenoxy) is 1. The minimum absolute atomic E-state index is 0. The number of sulfonamides is 1. The first-order valence-electron chi connectivity index (χ1n) is 6.84. The van der Waals surface area contributed by atoms with Gasteiger partial charge in [0, 0.05) is 18.5 Å². The first-order chi connectivity index (χ1) is 9.51. The van der Waals surface area contributed by atoms with Gasteiger partial charge < -0.3 is 10.1 Å². The van der Waals surface area contributed by atoms with Crippen molar-refractivity contribution in [2.24, 2.45) is 0 Å². The monoisotopic (exact) mass is 354 g/mol. The van der Waals surface area contributed by atoms with Gasteiger partial charge in [0.2, 0.25) is 10.0 Å². The van der Waals surface area contributed by atoms with E-state index in [2.05, 4.69) is 10.0 Å². The standard InChI is InChI=1S/C13H22N2O3S2.ClH/c1-3-11-5-6-12(19-11)20(16,17)15-9-13(10-18-2)7-4-8-14-13;/h5-6,14-15H,3-4,7-10H2,1-2H3;1H.